The van der Waals surface area contributed by atoms with Crippen LogP contribution in [0.15, 0.2) is 28.7 Å². The number of halogens is 1. The van der Waals surface area contributed by atoms with Crippen molar-refractivity contribution in [2.24, 2.45) is 23.7 Å². The van der Waals surface area contributed by atoms with E-state index in [4.69, 9.17) is 28.1 Å². The Kier molecular flexibility index (Phi) is 15.3. The normalized spacial score (nSPS) is 25.0. The first kappa shape index (κ1) is 42.4. The van der Waals surface area contributed by atoms with Crippen molar-refractivity contribution in [3.8, 4) is 0 Å². The summed E-state index contributed by atoms with van der Waals surface area (Å²) in [6.07, 6.45) is 6.79. The van der Waals surface area contributed by atoms with Gasteiger partial charge in [0.05, 0.1) is 32.0 Å². The summed E-state index contributed by atoms with van der Waals surface area (Å²) in [6, 6.07) is 5.44. The molecule has 1 aromatic heterocycles. The SMILES string of the molecule is COCCOCCCOC(=O)c1cc2cc(NC(=O)[C@H]3[C@@H](C4CCC(OC)CC4)CCN3C(=O)[C@H]3CC[C@H]([C@@H](CF)NC(=O)OC(C)(C)C)CC3)ccc2o1. The van der Waals surface area contributed by atoms with Crippen molar-refractivity contribution < 1.29 is 51.7 Å². The molecule has 55 heavy (non-hydrogen) atoms. The Morgan fingerprint density at radius 1 is 0.927 bits per heavy atom. The van der Waals surface area contributed by atoms with E-state index in [0.717, 1.165) is 32.1 Å². The number of esters is 1. The van der Waals surface area contributed by atoms with Crippen LogP contribution in [0.2, 0.25) is 0 Å². The highest BCUT2D eigenvalue weighted by molar-refractivity contribution is 6.00. The Labute approximate surface area is 323 Å². The molecular formula is C41H60FN3O10. The molecule has 5 rings (SSSR count). The first-order chi connectivity index (χ1) is 26.4. The summed E-state index contributed by atoms with van der Waals surface area (Å²) in [6.45, 7) is 6.64. The lowest BCUT2D eigenvalue weighted by molar-refractivity contribution is -0.142. The highest BCUT2D eigenvalue weighted by Gasteiger charge is 2.47. The molecule has 3 fully saturated rings. The minimum atomic E-state index is -0.717. The molecule has 3 atom stereocenters. The zero-order chi connectivity index (χ0) is 39.5. The number of rotatable bonds is 16. The van der Waals surface area contributed by atoms with Crippen LogP contribution in [0, 0.1) is 23.7 Å². The molecule has 14 heteroatoms. The number of alkyl halides is 1. The van der Waals surface area contributed by atoms with E-state index in [1.807, 2.05) is 0 Å². The molecule has 2 N–H and O–H groups in total. The van der Waals surface area contributed by atoms with Crippen molar-refractivity contribution in [3.63, 3.8) is 0 Å². The Balaban J connectivity index is 1.23. The average Bonchev–Trinajstić information content (AvgIpc) is 3.81. The number of carbonyl (C=O) groups excluding carboxylic acids is 4. The summed E-state index contributed by atoms with van der Waals surface area (Å²) < 4.78 is 46.5. The molecule has 2 aliphatic carbocycles. The van der Waals surface area contributed by atoms with Gasteiger partial charge in [-0.05, 0) is 121 Å². The third-order valence-electron chi connectivity index (χ3n) is 11.3. The number of alkyl carbamates (subject to hydrolysis) is 1. The molecular weight excluding hydrogens is 713 g/mol. The Morgan fingerprint density at radius 3 is 2.35 bits per heavy atom. The number of amides is 3. The zero-order valence-corrected chi connectivity index (χ0v) is 33.1. The van der Waals surface area contributed by atoms with Gasteiger partial charge in [-0.1, -0.05) is 0 Å². The number of anilines is 1. The number of likely N-dealkylation sites (tertiary alicyclic amines) is 1. The van der Waals surface area contributed by atoms with E-state index >= 15 is 0 Å². The third kappa shape index (κ3) is 11.6. The smallest absolute Gasteiger partial charge is 0.407 e. The molecule has 0 unspecified atom stereocenters. The molecule has 306 valence electrons. The van der Waals surface area contributed by atoms with Crippen LogP contribution in [0.3, 0.4) is 0 Å². The zero-order valence-electron chi connectivity index (χ0n) is 33.1. The summed E-state index contributed by atoms with van der Waals surface area (Å²) in [7, 11) is 3.34. The summed E-state index contributed by atoms with van der Waals surface area (Å²) in [5, 5.41) is 6.41. The average molecular weight is 774 g/mol. The van der Waals surface area contributed by atoms with E-state index in [1.54, 1.807) is 64.2 Å². The van der Waals surface area contributed by atoms with E-state index in [-0.39, 0.29) is 54.0 Å². The minimum Gasteiger partial charge on any atom is -0.460 e. The fourth-order valence-corrected chi connectivity index (χ4v) is 8.47. The number of hydrogen-bond donors (Lipinski definition) is 2. The predicted octanol–water partition coefficient (Wildman–Crippen LogP) is 6.67. The summed E-state index contributed by atoms with van der Waals surface area (Å²) in [4.78, 5) is 55.4. The van der Waals surface area contributed by atoms with Crippen molar-refractivity contribution in [1.29, 1.82) is 0 Å². The van der Waals surface area contributed by atoms with Gasteiger partial charge >= 0.3 is 12.1 Å². The highest BCUT2D eigenvalue weighted by atomic mass is 19.1. The van der Waals surface area contributed by atoms with Gasteiger partial charge in [-0.2, -0.15) is 0 Å². The van der Waals surface area contributed by atoms with Gasteiger partial charge in [-0.15, -0.1) is 0 Å². The number of carbonyl (C=O) groups is 4. The number of hydrogen-bond acceptors (Lipinski definition) is 10. The van der Waals surface area contributed by atoms with Crippen LogP contribution in [-0.2, 0) is 33.3 Å². The van der Waals surface area contributed by atoms with Crippen molar-refractivity contribution in [3.05, 3.63) is 30.0 Å². The van der Waals surface area contributed by atoms with Gasteiger partial charge in [-0.3, -0.25) is 9.59 Å². The monoisotopic (exact) mass is 773 g/mol. The third-order valence-corrected chi connectivity index (χ3v) is 11.3. The molecule has 0 spiro atoms. The van der Waals surface area contributed by atoms with Crippen LogP contribution < -0.4 is 10.6 Å². The van der Waals surface area contributed by atoms with Crippen LogP contribution in [0.25, 0.3) is 11.0 Å². The van der Waals surface area contributed by atoms with Crippen LogP contribution in [-0.4, -0.2) is 106 Å². The van der Waals surface area contributed by atoms with Crippen LogP contribution in [0.5, 0.6) is 0 Å². The lowest BCUT2D eigenvalue weighted by Gasteiger charge is -2.38. The number of furan rings is 1. The number of methoxy groups -OCH3 is 2. The van der Waals surface area contributed by atoms with Gasteiger partial charge in [0.15, 0.2) is 0 Å². The highest BCUT2D eigenvalue weighted by Crippen LogP contribution is 2.42. The number of nitrogens with one attached hydrogen (secondary N) is 2. The van der Waals surface area contributed by atoms with E-state index in [0.29, 0.717) is 75.1 Å². The second kappa shape index (κ2) is 19.9. The number of nitrogens with zero attached hydrogens (tertiary/aromatic N) is 1. The number of fused-ring (bicyclic) bond motifs is 1. The summed E-state index contributed by atoms with van der Waals surface area (Å²) >= 11 is 0. The molecule has 2 aromatic rings. The first-order valence-electron chi connectivity index (χ1n) is 19.9. The summed E-state index contributed by atoms with van der Waals surface area (Å²) in [5.41, 5.74) is 0.314. The van der Waals surface area contributed by atoms with Gasteiger partial charge in [0.2, 0.25) is 17.6 Å². The van der Waals surface area contributed by atoms with Crippen LogP contribution >= 0.6 is 0 Å². The van der Waals surface area contributed by atoms with Gasteiger partial charge in [0.25, 0.3) is 0 Å². The van der Waals surface area contributed by atoms with E-state index in [9.17, 15) is 23.6 Å². The van der Waals surface area contributed by atoms with E-state index < -0.39 is 36.4 Å². The molecule has 3 amide bonds. The molecule has 2 heterocycles. The Bertz CT molecular complexity index is 1580. The van der Waals surface area contributed by atoms with Crippen molar-refractivity contribution in [2.75, 3.05) is 59.2 Å². The lowest BCUT2D eigenvalue weighted by atomic mass is 9.75. The Morgan fingerprint density at radius 2 is 1.67 bits per heavy atom. The molecule has 13 nitrogen and oxygen atoms in total. The van der Waals surface area contributed by atoms with Crippen molar-refractivity contribution in [2.45, 2.75) is 109 Å². The Hall–Kier alpha value is -3.75. The molecule has 1 aliphatic heterocycles. The predicted molar refractivity (Wildman–Crippen MR) is 203 cm³/mol. The largest absolute Gasteiger partial charge is 0.460 e. The standard InChI is InChI=1S/C41H60FN3O10/c1-41(2,3)55-40(49)44-33(25-42)27-7-9-28(10-8-27)38(47)45-18-17-32(26-11-14-31(51-5)15-12-26)36(45)37(46)43-30-13-16-34-29(23-30)24-35(54-34)39(48)53-20-6-19-52-22-21-50-4/h13,16,23-24,26-28,31-33,36H,6-12,14-15,17-22,25H2,1-5H3,(H,43,46)(H,44,49)/t26?,27-,28-,31?,32-,33-,36-/m1/s1. The molecule has 2 saturated carbocycles. The van der Waals surface area contributed by atoms with Gasteiger partial charge in [-0.25, -0.2) is 14.0 Å². The van der Waals surface area contributed by atoms with E-state index in [1.165, 1.54) is 0 Å². The summed E-state index contributed by atoms with van der Waals surface area (Å²) in [5.74, 6) is -0.942. The molecule has 0 bridgehead atoms. The quantitative estimate of drug-likeness (QED) is 0.140. The van der Waals surface area contributed by atoms with Crippen LogP contribution in [0.4, 0.5) is 14.9 Å². The van der Waals surface area contributed by atoms with Gasteiger partial charge in [0.1, 0.15) is 23.9 Å². The van der Waals surface area contributed by atoms with Gasteiger partial charge in [0, 0.05) is 50.8 Å². The molecule has 3 aliphatic rings. The minimum absolute atomic E-state index is 0.00329. The second-order valence-electron chi connectivity index (χ2n) is 16.2. The number of ether oxygens (including phenoxy) is 5. The second-order valence-corrected chi connectivity index (χ2v) is 16.2. The maximum atomic E-state index is 14.3. The lowest BCUT2D eigenvalue weighted by Crippen LogP contribution is -2.50. The first-order valence-corrected chi connectivity index (χ1v) is 19.9. The molecule has 1 saturated heterocycles. The van der Waals surface area contributed by atoms with Crippen molar-refractivity contribution in [1.82, 2.24) is 10.2 Å². The van der Waals surface area contributed by atoms with Crippen molar-refractivity contribution >= 4 is 40.5 Å². The van der Waals surface area contributed by atoms with E-state index in [2.05, 4.69) is 10.6 Å². The maximum Gasteiger partial charge on any atom is 0.407 e. The maximum absolute atomic E-state index is 14.3. The fraction of sp³-hybridized carbons (Fsp3) is 0.707. The topological polar surface area (TPSA) is 155 Å². The van der Waals surface area contributed by atoms with Crippen LogP contribution in [0.1, 0.15) is 95.5 Å². The fourth-order valence-electron chi connectivity index (χ4n) is 8.47. The van der Waals surface area contributed by atoms with Gasteiger partial charge < -0.3 is 43.6 Å². The number of benzene rings is 1. The molecule has 1 aromatic carbocycles. The molecule has 0 radical (unpaired) electrons.